The van der Waals surface area contributed by atoms with Crippen LogP contribution in [0.25, 0.3) is 0 Å². The third-order valence-electron chi connectivity index (χ3n) is 1.74. The fourth-order valence-electron chi connectivity index (χ4n) is 1.06. The van der Waals surface area contributed by atoms with Gasteiger partial charge >= 0.3 is 5.51 Å². The first-order valence-corrected chi connectivity index (χ1v) is 5.97. The van der Waals surface area contributed by atoms with Crippen molar-refractivity contribution >= 4 is 11.8 Å². The number of hydrogen-bond acceptors (Lipinski definition) is 1. The van der Waals surface area contributed by atoms with E-state index < -0.39 is 11.3 Å². The predicted molar refractivity (Wildman–Crippen MR) is 64.6 cm³/mol. The molecule has 0 bridgehead atoms. The summed E-state index contributed by atoms with van der Waals surface area (Å²) in [4.78, 5) is -0.209. The molecular formula is C13H12F4S. The highest BCUT2D eigenvalue weighted by molar-refractivity contribution is 8.00. The molecule has 1 aromatic rings. The molecule has 1 aromatic carbocycles. The Hall–Kier alpha value is -1.15. The van der Waals surface area contributed by atoms with Gasteiger partial charge in [-0.3, -0.25) is 0 Å². The number of rotatable bonds is 1. The first-order chi connectivity index (χ1) is 8.07. The summed E-state index contributed by atoms with van der Waals surface area (Å²) in [5, 5.41) is 0. The van der Waals surface area contributed by atoms with E-state index in [1.807, 2.05) is 20.8 Å². The zero-order chi connectivity index (χ0) is 14.0. The van der Waals surface area contributed by atoms with Crippen LogP contribution >= 0.6 is 11.8 Å². The lowest BCUT2D eigenvalue weighted by Gasteiger charge is -2.09. The van der Waals surface area contributed by atoms with Crippen LogP contribution in [-0.4, -0.2) is 5.51 Å². The number of halogens is 4. The van der Waals surface area contributed by atoms with E-state index in [2.05, 4.69) is 11.8 Å². The lowest BCUT2D eigenvalue weighted by Crippen LogP contribution is -2.02. The third-order valence-corrected chi connectivity index (χ3v) is 2.53. The number of benzene rings is 1. The van der Waals surface area contributed by atoms with E-state index in [0.29, 0.717) is 0 Å². The highest BCUT2D eigenvalue weighted by atomic mass is 32.2. The van der Waals surface area contributed by atoms with E-state index in [0.717, 1.165) is 12.1 Å². The zero-order valence-electron chi connectivity index (χ0n) is 10.2. The Labute approximate surface area is 108 Å². The third kappa shape index (κ3) is 5.46. The van der Waals surface area contributed by atoms with Crippen LogP contribution in [0.5, 0.6) is 0 Å². The quantitative estimate of drug-likeness (QED) is 0.402. The van der Waals surface area contributed by atoms with Crippen molar-refractivity contribution in [1.29, 1.82) is 0 Å². The highest BCUT2D eigenvalue weighted by Gasteiger charge is 2.30. The van der Waals surface area contributed by atoms with Crippen molar-refractivity contribution in [2.45, 2.75) is 31.2 Å². The Balaban J connectivity index is 3.15. The summed E-state index contributed by atoms with van der Waals surface area (Å²) < 4.78 is 49.9. The van der Waals surface area contributed by atoms with Crippen molar-refractivity contribution in [2.75, 3.05) is 0 Å². The van der Waals surface area contributed by atoms with Crippen LogP contribution in [0.15, 0.2) is 23.1 Å². The van der Waals surface area contributed by atoms with Crippen LogP contribution in [0.2, 0.25) is 0 Å². The minimum atomic E-state index is -4.45. The Kier molecular flexibility index (Phi) is 4.33. The molecule has 98 valence electrons. The molecule has 0 saturated carbocycles. The lowest BCUT2D eigenvalue weighted by molar-refractivity contribution is -0.0328. The Bertz CT molecular complexity index is 486. The standard InChI is InChI=1S/C13H12F4S/c1-12(2,3)7-6-9-4-5-10(14)8-11(9)18-13(15,16)17/h4-5,8H,1-3H3. The lowest BCUT2D eigenvalue weighted by atomic mass is 9.97. The molecule has 0 unspecified atom stereocenters. The maximum Gasteiger partial charge on any atom is 0.446 e. The van der Waals surface area contributed by atoms with Gasteiger partial charge in [0.25, 0.3) is 0 Å². The molecule has 0 atom stereocenters. The van der Waals surface area contributed by atoms with Gasteiger partial charge in [-0.15, -0.1) is 0 Å². The molecule has 0 aliphatic rings. The SMILES string of the molecule is CC(C)(C)C#Cc1ccc(F)cc1SC(F)(F)F. The predicted octanol–water partition coefficient (Wildman–Crippen LogP) is 4.84. The van der Waals surface area contributed by atoms with Crippen molar-refractivity contribution in [3.05, 3.63) is 29.6 Å². The van der Waals surface area contributed by atoms with Gasteiger partial charge in [0, 0.05) is 15.9 Å². The molecule has 0 saturated heterocycles. The summed E-state index contributed by atoms with van der Waals surface area (Å²) in [6.45, 7) is 5.54. The van der Waals surface area contributed by atoms with Crippen molar-refractivity contribution in [1.82, 2.24) is 0 Å². The molecule has 1 rings (SSSR count). The summed E-state index contributed by atoms with van der Waals surface area (Å²) in [5.74, 6) is 4.79. The monoisotopic (exact) mass is 276 g/mol. The molecule has 0 aliphatic carbocycles. The first-order valence-electron chi connectivity index (χ1n) is 5.15. The Morgan fingerprint density at radius 2 is 1.72 bits per heavy atom. The van der Waals surface area contributed by atoms with E-state index in [1.54, 1.807) is 0 Å². The number of alkyl halides is 3. The van der Waals surface area contributed by atoms with Crippen molar-refractivity contribution in [3.8, 4) is 11.8 Å². The van der Waals surface area contributed by atoms with Gasteiger partial charge in [0.1, 0.15) is 5.82 Å². The van der Waals surface area contributed by atoms with Crippen LogP contribution in [0.3, 0.4) is 0 Å². The smallest absolute Gasteiger partial charge is 0.207 e. The van der Waals surface area contributed by atoms with Gasteiger partial charge in [-0.25, -0.2) is 4.39 Å². The van der Waals surface area contributed by atoms with Gasteiger partial charge in [0.15, 0.2) is 0 Å². The summed E-state index contributed by atoms with van der Waals surface area (Å²) in [7, 11) is 0. The van der Waals surface area contributed by atoms with Gasteiger partial charge in [0.2, 0.25) is 0 Å². The molecule has 0 aromatic heterocycles. The minimum Gasteiger partial charge on any atom is -0.207 e. The second kappa shape index (κ2) is 5.23. The first kappa shape index (κ1) is 14.9. The number of hydrogen-bond donors (Lipinski definition) is 0. The molecule has 0 fully saturated rings. The molecule has 18 heavy (non-hydrogen) atoms. The normalized spacial score (nSPS) is 11.9. The van der Waals surface area contributed by atoms with E-state index in [9.17, 15) is 17.6 Å². The largest absolute Gasteiger partial charge is 0.446 e. The van der Waals surface area contributed by atoms with Gasteiger partial charge in [-0.1, -0.05) is 11.8 Å². The highest BCUT2D eigenvalue weighted by Crippen LogP contribution is 2.38. The molecule has 0 spiro atoms. The van der Waals surface area contributed by atoms with Gasteiger partial charge in [-0.05, 0) is 50.7 Å². The van der Waals surface area contributed by atoms with Crippen LogP contribution in [0, 0.1) is 23.1 Å². The van der Waals surface area contributed by atoms with Crippen molar-refractivity contribution in [2.24, 2.45) is 5.41 Å². The van der Waals surface area contributed by atoms with Crippen molar-refractivity contribution < 1.29 is 17.6 Å². The van der Waals surface area contributed by atoms with Crippen LogP contribution < -0.4 is 0 Å². The summed E-state index contributed by atoms with van der Waals surface area (Å²) in [6.07, 6.45) is 0. The molecule has 0 nitrogen and oxygen atoms in total. The Morgan fingerprint density at radius 3 is 2.22 bits per heavy atom. The maximum absolute atomic E-state index is 13.0. The fourth-order valence-corrected chi connectivity index (χ4v) is 1.71. The van der Waals surface area contributed by atoms with Gasteiger partial charge in [-0.2, -0.15) is 13.2 Å². The second-order valence-electron chi connectivity index (χ2n) is 4.69. The number of thioether (sulfide) groups is 1. The minimum absolute atomic E-state index is 0.189. The molecule has 0 amide bonds. The van der Waals surface area contributed by atoms with Crippen molar-refractivity contribution in [3.63, 3.8) is 0 Å². The van der Waals surface area contributed by atoms with Crippen LogP contribution in [-0.2, 0) is 0 Å². The van der Waals surface area contributed by atoms with Crippen LogP contribution in [0.4, 0.5) is 17.6 Å². The van der Waals surface area contributed by atoms with Crippen LogP contribution in [0.1, 0.15) is 26.3 Å². The summed E-state index contributed by atoms with van der Waals surface area (Å²) >= 11 is -0.350. The molecule has 0 radical (unpaired) electrons. The zero-order valence-corrected chi connectivity index (χ0v) is 11.0. The van der Waals surface area contributed by atoms with E-state index in [1.165, 1.54) is 6.07 Å². The van der Waals surface area contributed by atoms with E-state index >= 15 is 0 Å². The molecule has 0 N–H and O–H groups in total. The van der Waals surface area contributed by atoms with E-state index in [4.69, 9.17) is 0 Å². The molecule has 0 aliphatic heterocycles. The molecule has 5 heteroatoms. The van der Waals surface area contributed by atoms with Gasteiger partial charge < -0.3 is 0 Å². The second-order valence-corrected chi connectivity index (χ2v) is 5.80. The summed E-state index contributed by atoms with van der Waals surface area (Å²) in [6, 6.07) is 3.22. The fraction of sp³-hybridized carbons (Fsp3) is 0.385. The molecule has 0 heterocycles. The van der Waals surface area contributed by atoms with E-state index in [-0.39, 0.29) is 27.6 Å². The maximum atomic E-state index is 13.0. The average molecular weight is 276 g/mol. The average Bonchev–Trinajstić information content (AvgIpc) is 2.12. The van der Waals surface area contributed by atoms with Gasteiger partial charge in [0.05, 0.1) is 0 Å². The summed E-state index contributed by atoms with van der Waals surface area (Å²) in [5.41, 5.74) is -4.59. The topological polar surface area (TPSA) is 0 Å². The Morgan fingerprint density at radius 1 is 1.11 bits per heavy atom. The molecular weight excluding hydrogens is 264 g/mol.